The highest BCUT2D eigenvalue weighted by atomic mass is 19.1. The summed E-state index contributed by atoms with van der Waals surface area (Å²) in [5.74, 6) is -1.64. The second-order valence-electron chi connectivity index (χ2n) is 12.2. The molecule has 3 aromatic carbocycles. The third-order valence-electron chi connectivity index (χ3n) is 8.91. The largest absolute Gasteiger partial charge is 0.495 e. The van der Waals surface area contributed by atoms with E-state index in [1.54, 1.807) is 31.5 Å². The van der Waals surface area contributed by atoms with Gasteiger partial charge in [-0.2, -0.15) is 0 Å². The number of pyridine rings is 1. The highest BCUT2D eigenvalue weighted by molar-refractivity contribution is 6.05. The van der Waals surface area contributed by atoms with Crippen molar-refractivity contribution in [3.8, 4) is 17.0 Å². The molecule has 0 saturated carbocycles. The Morgan fingerprint density at radius 1 is 0.980 bits per heavy atom. The SMILES string of the molecule is CCCN1CCN(c2ccc(NC3N=CC=C(c4c(-c5cccc(C(=O)Nc6c(F)cccc6F)c5)nc5ccccn45)N3)c(OC)c2)CC1. The topological polar surface area (TPSA) is 98.5 Å². The molecule has 256 valence electrons. The minimum Gasteiger partial charge on any atom is -0.495 e. The molecule has 5 aromatic rings. The molecule has 2 aromatic heterocycles. The number of ether oxygens (including phenoxy) is 1. The minimum absolute atomic E-state index is 0.221. The molecule has 1 saturated heterocycles. The monoisotopic (exact) mass is 676 g/mol. The number of para-hydroxylation sites is 1. The molecule has 1 fully saturated rings. The molecular formula is C38H38F2N8O2. The van der Waals surface area contributed by atoms with E-state index in [2.05, 4.69) is 49.8 Å². The molecule has 0 bridgehead atoms. The summed E-state index contributed by atoms with van der Waals surface area (Å²) >= 11 is 0. The summed E-state index contributed by atoms with van der Waals surface area (Å²) in [4.78, 5) is 27.6. The predicted molar refractivity (Wildman–Crippen MR) is 194 cm³/mol. The third kappa shape index (κ3) is 6.74. The van der Waals surface area contributed by atoms with E-state index in [-0.39, 0.29) is 5.56 Å². The molecule has 0 radical (unpaired) electrons. The smallest absolute Gasteiger partial charge is 0.255 e. The Balaban J connectivity index is 1.13. The van der Waals surface area contributed by atoms with Crippen LogP contribution in [0.1, 0.15) is 29.4 Å². The average Bonchev–Trinajstić information content (AvgIpc) is 3.54. The summed E-state index contributed by atoms with van der Waals surface area (Å²) in [5.41, 5.74) is 5.08. The quantitative estimate of drug-likeness (QED) is 0.156. The lowest BCUT2D eigenvalue weighted by atomic mass is 10.0. The molecule has 50 heavy (non-hydrogen) atoms. The average molecular weight is 677 g/mol. The number of fused-ring (bicyclic) bond motifs is 1. The lowest BCUT2D eigenvalue weighted by Crippen LogP contribution is -2.46. The number of allylic oxidation sites excluding steroid dienone is 1. The highest BCUT2D eigenvalue weighted by Gasteiger charge is 2.24. The van der Waals surface area contributed by atoms with E-state index in [0.717, 1.165) is 74.0 Å². The van der Waals surface area contributed by atoms with Crippen LogP contribution in [-0.2, 0) is 0 Å². The number of anilines is 3. The Bertz CT molecular complexity index is 2070. The van der Waals surface area contributed by atoms with E-state index in [1.807, 2.05) is 47.0 Å². The van der Waals surface area contributed by atoms with Crippen molar-refractivity contribution in [1.82, 2.24) is 19.6 Å². The number of rotatable bonds is 10. The second kappa shape index (κ2) is 14.4. The number of hydrogen-bond acceptors (Lipinski definition) is 8. The second-order valence-corrected chi connectivity index (χ2v) is 12.2. The van der Waals surface area contributed by atoms with Crippen molar-refractivity contribution in [2.75, 3.05) is 55.4 Å². The first kappa shape index (κ1) is 32.8. The number of methoxy groups -OCH3 is 1. The van der Waals surface area contributed by atoms with E-state index < -0.39 is 29.5 Å². The van der Waals surface area contributed by atoms with Crippen molar-refractivity contribution >= 4 is 40.5 Å². The Kier molecular flexibility index (Phi) is 9.43. The van der Waals surface area contributed by atoms with Gasteiger partial charge < -0.3 is 25.6 Å². The van der Waals surface area contributed by atoms with Crippen LogP contribution in [-0.4, -0.2) is 72.5 Å². The fourth-order valence-corrected chi connectivity index (χ4v) is 6.41. The van der Waals surface area contributed by atoms with E-state index in [0.29, 0.717) is 22.7 Å². The fraction of sp³-hybridized carbons (Fsp3) is 0.237. The van der Waals surface area contributed by atoms with Crippen molar-refractivity contribution in [3.63, 3.8) is 0 Å². The van der Waals surface area contributed by atoms with Gasteiger partial charge in [-0.05, 0) is 67.6 Å². The minimum atomic E-state index is -0.855. The number of aromatic nitrogens is 2. The summed E-state index contributed by atoms with van der Waals surface area (Å²) in [7, 11) is 1.66. The van der Waals surface area contributed by atoms with Gasteiger partial charge in [0.15, 0.2) is 6.29 Å². The standard InChI is InChI=1S/C38H38F2N8O2/c1-3-17-46-19-21-47(22-20-46)27-13-14-30(32(24-27)50-2)42-38-41-16-15-31(43-38)36-34(44-33-12-4-5-18-48(33)36)25-8-6-9-26(23-25)37(49)45-35-28(39)10-7-11-29(35)40/h4-16,18,23-24,38,42-43H,3,17,19-22H2,1-2H3,(H,45,49). The van der Waals surface area contributed by atoms with Crippen LogP contribution < -0.4 is 25.6 Å². The maximum absolute atomic E-state index is 14.3. The van der Waals surface area contributed by atoms with Gasteiger partial charge in [0.25, 0.3) is 5.91 Å². The first-order valence-electron chi connectivity index (χ1n) is 16.7. The molecule has 2 aliphatic rings. The maximum Gasteiger partial charge on any atom is 0.255 e. The van der Waals surface area contributed by atoms with Crippen molar-refractivity contribution in [3.05, 3.63) is 114 Å². The molecule has 2 aliphatic heterocycles. The maximum atomic E-state index is 14.3. The summed E-state index contributed by atoms with van der Waals surface area (Å²) in [5, 5.41) is 9.32. The molecule has 1 atom stereocenters. The summed E-state index contributed by atoms with van der Waals surface area (Å²) < 4.78 is 36.3. The van der Waals surface area contributed by atoms with Gasteiger partial charge in [0, 0.05) is 61.5 Å². The summed E-state index contributed by atoms with van der Waals surface area (Å²) in [6.07, 6.45) is 6.16. The summed E-state index contributed by atoms with van der Waals surface area (Å²) in [6.45, 7) is 7.37. The molecule has 4 heterocycles. The van der Waals surface area contributed by atoms with Gasteiger partial charge in [0.05, 0.1) is 29.9 Å². The number of carbonyl (C=O) groups excluding carboxylic acids is 1. The van der Waals surface area contributed by atoms with Gasteiger partial charge in [0.2, 0.25) is 0 Å². The number of nitrogens with zero attached hydrogens (tertiary/aromatic N) is 5. The number of carbonyl (C=O) groups is 1. The number of imidazole rings is 1. The fourth-order valence-electron chi connectivity index (χ4n) is 6.41. The molecule has 1 unspecified atom stereocenters. The Morgan fingerprint density at radius 2 is 1.78 bits per heavy atom. The number of amides is 1. The van der Waals surface area contributed by atoms with Crippen molar-refractivity contribution in [1.29, 1.82) is 0 Å². The number of halogens is 2. The molecule has 10 nitrogen and oxygen atoms in total. The molecule has 1 amide bonds. The number of piperazine rings is 1. The first-order chi connectivity index (χ1) is 24.4. The van der Waals surface area contributed by atoms with Gasteiger partial charge in [-0.1, -0.05) is 31.2 Å². The van der Waals surface area contributed by atoms with E-state index in [1.165, 1.54) is 6.07 Å². The highest BCUT2D eigenvalue weighted by Crippen LogP contribution is 2.33. The number of hydrogen-bond donors (Lipinski definition) is 3. The lowest BCUT2D eigenvalue weighted by molar-refractivity contribution is 0.102. The molecule has 12 heteroatoms. The van der Waals surface area contributed by atoms with Crippen LogP contribution >= 0.6 is 0 Å². The van der Waals surface area contributed by atoms with Gasteiger partial charge >= 0.3 is 0 Å². The number of benzene rings is 3. The molecule has 0 aliphatic carbocycles. The number of aliphatic imine (C=N–C) groups is 1. The summed E-state index contributed by atoms with van der Waals surface area (Å²) in [6, 6.07) is 22.1. The Hall–Kier alpha value is -5.75. The van der Waals surface area contributed by atoms with Gasteiger partial charge in [-0.15, -0.1) is 0 Å². The van der Waals surface area contributed by atoms with Crippen LogP contribution in [0.15, 0.2) is 96.1 Å². The van der Waals surface area contributed by atoms with Crippen molar-refractivity contribution in [2.24, 2.45) is 4.99 Å². The zero-order chi connectivity index (χ0) is 34.6. The Labute approximate surface area is 289 Å². The molecule has 3 N–H and O–H groups in total. The first-order valence-corrected chi connectivity index (χ1v) is 16.7. The van der Waals surface area contributed by atoms with Crippen LogP contribution in [0.2, 0.25) is 0 Å². The van der Waals surface area contributed by atoms with E-state index in [9.17, 15) is 13.6 Å². The van der Waals surface area contributed by atoms with Crippen LogP contribution in [0.25, 0.3) is 22.6 Å². The predicted octanol–water partition coefficient (Wildman–Crippen LogP) is 6.48. The molecule has 0 spiro atoms. The lowest BCUT2D eigenvalue weighted by Gasteiger charge is -2.36. The van der Waals surface area contributed by atoms with Gasteiger partial charge in [-0.25, -0.2) is 18.8 Å². The molecular weight excluding hydrogens is 638 g/mol. The zero-order valence-corrected chi connectivity index (χ0v) is 27.9. The van der Waals surface area contributed by atoms with Crippen LogP contribution in [0.3, 0.4) is 0 Å². The van der Waals surface area contributed by atoms with E-state index >= 15 is 0 Å². The molecule has 7 rings (SSSR count). The third-order valence-corrected chi connectivity index (χ3v) is 8.91. The Morgan fingerprint density at radius 3 is 2.56 bits per heavy atom. The van der Waals surface area contributed by atoms with Gasteiger partial charge in [-0.3, -0.25) is 14.1 Å². The van der Waals surface area contributed by atoms with Crippen molar-refractivity contribution in [2.45, 2.75) is 19.6 Å². The zero-order valence-electron chi connectivity index (χ0n) is 27.9. The number of nitrogens with one attached hydrogen (secondary N) is 3. The van der Waals surface area contributed by atoms with Crippen LogP contribution in [0, 0.1) is 11.6 Å². The van der Waals surface area contributed by atoms with E-state index in [4.69, 9.17) is 9.72 Å². The van der Waals surface area contributed by atoms with Crippen LogP contribution in [0.4, 0.5) is 25.8 Å². The van der Waals surface area contributed by atoms with Crippen LogP contribution in [0.5, 0.6) is 5.75 Å². The van der Waals surface area contributed by atoms with Crippen molar-refractivity contribution < 1.29 is 18.3 Å². The normalized spacial score (nSPS) is 16.2. The van der Waals surface area contributed by atoms with Gasteiger partial charge in [0.1, 0.15) is 28.7 Å².